The van der Waals surface area contributed by atoms with E-state index in [2.05, 4.69) is 10.5 Å². The van der Waals surface area contributed by atoms with Gasteiger partial charge in [-0.25, -0.2) is 0 Å². The minimum Gasteiger partial charge on any atom is -0.409 e. The largest absolute Gasteiger partial charge is 0.409 e. The van der Waals surface area contributed by atoms with Crippen LogP contribution in [0.5, 0.6) is 0 Å². The van der Waals surface area contributed by atoms with Gasteiger partial charge < -0.3 is 16.3 Å². The highest BCUT2D eigenvalue weighted by molar-refractivity contribution is 8.00. The zero-order valence-corrected chi connectivity index (χ0v) is 9.87. The van der Waals surface area contributed by atoms with E-state index in [1.807, 2.05) is 0 Å². The highest BCUT2D eigenvalue weighted by atomic mass is 32.2. The van der Waals surface area contributed by atoms with Crippen LogP contribution < -0.4 is 11.1 Å². The first kappa shape index (κ1) is 11.6. The molecule has 0 aromatic heterocycles. The predicted molar refractivity (Wildman–Crippen MR) is 63.5 cm³/mol. The van der Waals surface area contributed by atoms with Crippen molar-refractivity contribution in [1.29, 1.82) is 0 Å². The van der Waals surface area contributed by atoms with Gasteiger partial charge in [0, 0.05) is 0 Å². The molecule has 0 aromatic carbocycles. The van der Waals surface area contributed by atoms with E-state index in [1.54, 1.807) is 11.8 Å². The number of hydrogen-bond acceptors (Lipinski definition) is 4. The van der Waals surface area contributed by atoms with Crippen molar-refractivity contribution in [3.63, 3.8) is 0 Å². The van der Waals surface area contributed by atoms with Gasteiger partial charge in [-0.3, -0.25) is 4.79 Å². The summed E-state index contributed by atoms with van der Waals surface area (Å²) in [4.78, 5) is 11.9. The fourth-order valence-corrected chi connectivity index (χ4v) is 3.13. The van der Waals surface area contributed by atoms with Crippen molar-refractivity contribution in [1.82, 2.24) is 5.32 Å². The number of carbonyl (C=O) groups is 1. The molecule has 0 spiro atoms. The lowest BCUT2D eigenvalue weighted by Crippen LogP contribution is -2.48. The van der Waals surface area contributed by atoms with Gasteiger partial charge in [0.25, 0.3) is 0 Å². The summed E-state index contributed by atoms with van der Waals surface area (Å²) >= 11 is 1.69. The van der Waals surface area contributed by atoms with Crippen molar-refractivity contribution in [3.05, 3.63) is 0 Å². The minimum atomic E-state index is -0.279. The molecule has 90 valence electrons. The van der Waals surface area contributed by atoms with Crippen molar-refractivity contribution in [3.8, 4) is 0 Å². The fraction of sp³-hybridized carbons (Fsp3) is 0.800. The molecule has 0 aromatic rings. The lowest BCUT2D eigenvalue weighted by atomic mass is 10.1. The second-order valence-electron chi connectivity index (χ2n) is 4.35. The molecule has 0 radical (unpaired) electrons. The average Bonchev–Trinajstić information content (AvgIpc) is 2.98. The molecular formula is C10H17N3O2S. The zero-order chi connectivity index (χ0) is 11.5. The number of nitrogens with one attached hydrogen (secondary N) is 1. The van der Waals surface area contributed by atoms with Crippen LogP contribution in [0, 0.1) is 5.92 Å². The molecule has 2 rings (SSSR count). The molecule has 2 aliphatic rings. The van der Waals surface area contributed by atoms with E-state index < -0.39 is 0 Å². The summed E-state index contributed by atoms with van der Waals surface area (Å²) in [6.07, 6.45) is 4.11. The van der Waals surface area contributed by atoms with E-state index in [9.17, 15) is 4.79 Å². The number of amides is 1. The number of carbonyl (C=O) groups excluding carboxylic acids is 1. The molecule has 1 saturated heterocycles. The molecule has 6 heteroatoms. The van der Waals surface area contributed by atoms with Crippen LogP contribution in [0.2, 0.25) is 0 Å². The third kappa shape index (κ3) is 2.61. The van der Waals surface area contributed by atoms with Crippen LogP contribution >= 0.6 is 11.8 Å². The van der Waals surface area contributed by atoms with Crippen molar-refractivity contribution < 1.29 is 10.0 Å². The number of amidine groups is 1. The van der Waals surface area contributed by atoms with E-state index >= 15 is 0 Å². The Balaban J connectivity index is 1.92. The van der Waals surface area contributed by atoms with E-state index in [0.29, 0.717) is 5.92 Å². The maximum Gasteiger partial charge on any atom is 0.233 e. The lowest BCUT2D eigenvalue weighted by Gasteiger charge is -2.18. The van der Waals surface area contributed by atoms with Crippen LogP contribution in [0.25, 0.3) is 0 Å². The lowest BCUT2D eigenvalue weighted by molar-refractivity contribution is -0.121. The summed E-state index contributed by atoms with van der Waals surface area (Å²) in [6, 6.07) is -0.279. The maximum atomic E-state index is 11.9. The quantitative estimate of drug-likeness (QED) is 0.291. The molecular weight excluding hydrogens is 226 g/mol. The maximum absolute atomic E-state index is 11.9. The van der Waals surface area contributed by atoms with Crippen molar-refractivity contribution >= 4 is 23.5 Å². The van der Waals surface area contributed by atoms with Gasteiger partial charge in [0.1, 0.15) is 0 Å². The Kier molecular flexibility index (Phi) is 3.58. The Hall–Kier alpha value is -0.910. The second-order valence-corrected chi connectivity index (χ2v) is 5.66. The van der Waals surface area contributed by atoms with Gasteiger partial charge in [-0.05, 0) is 37.4 Å². The van der Waals surface area contributed by atoms with Gasteiger partial charge in [-0.1, -0.05) is 5.16 Å². The van der Waals surface area contributed by atoms with Crippen LogP contribution in [0.3, 0.4) is 0 Å². The van der Waals surface area contributed by atoms with Gasteiger partial charge in [-0.2, -0.15) is 0 Å². The summed E-state index contributed by atoms with van der Waals surface area (Å²) in [6.45, 7) is 0. The molecule has 1 heterocycles. The number of hydrogen-bond donors (Lipinski definition) is 3. The summed E-state index contributed by atoms with van der Waals surface area (Å²) in [5.74, 6) is 1.56. The van der Waals surface area contributed by atoms with Crippen molar-refractivity contribution in [2.75, 3.05) is 5.75 Å². The molecule has 1 amide bonds. The molecule has 2 unspecified atom stereocenters. The molecule has 1 aliphatic carbocycles. The monoisotopic (exact) mass is 243 g/mol. The van der Waals surface area contributed by atoms with Crippen LogP contribution in [-0.2, 0) is 4.79 Å². The third-order valence-electron chi connectivity index (χ3n) is 3.05. The normalized spacial score (nSPS) is 27.8. The smallest absolute Gasteiger partial charge is 0.233 e. The number of rotatable bonds is 4. The fourth-order valence-electron chi connectivity index (χ4n) is 1.96. The first-order chi connectivity index (χ1) is 7.72. The number of nitrogens with zero attached hydrogens (tertiary/aromatic N) is 1. The van der Waals surface area contributed by atoms with Gasteiger partial charge in [0.05, 0.1) is 11.3 Å². The van der Waals surface area contributed by atoms with Gasteiger partial charge in [0.15, 0.2) is 5.84 Å². The summed E-state index contributed by atoms with van der Waals surface area (Å²) in [5, 5.41) is 14.6. The zero-order valence-electron chi connectivity index (χ0n) is 9.06. The summed E-state index contributed by atoms with van der Waals surface area (Å²) in [5.41, 5.74) is 5.58. The third-order valence-corrected chi connectivity index (χ3v) is 4.42. The number of nitrogens with two attached hydrogens (primary N) is 1. The molecule has 4 N–H and O–H groups in total. The number of oxime groups is 1. The van der Waals surface area contributed by atoms with Gasteiger partial charge in [-0.15, -0.1) is 11.8 Å². The average molecular weight is 243 g/mol. The first-order valence-corrected chi connectivity index (χ1v) is 6.66. The van der Waals surface area contributed by atoms with E-state index in [4.69, 9.17) is 10.9 Å². The van der Waals surface area contributed by atoms with Crippen LogP contribution in [-0.4, -0.2) is 34.0 Å². The minimum absolute atomic E-state index is 0.0333. The van der Waals surface area contributed by atoms with Gasteiger partial charge in [0.2, 0.25) is 5.91 Å². The van der Waals surface area contributed by atoms with E-state index in [0.717, 1.165) is 31.4 Å². The Morgan fingerprint density at radius 3 is 2.75 bits per heavy atom. The van der Waals surface area contributed by atoms with E-state index in [-0.39, 0.29) is 23.0 Å². The van der Waals surface area contributed by atoms with Gasteiger partial charge >= 0.3 is 0 Å². The topological polar surface area (TPSA) is 87.7 Å². The van der Waals surface area contributed by atoms with E-state index in [1.165, 1.54) is 0 Å². The predicted octanol–water partition coefficient (Wildman–Crippen LogP) is 0.523. The van der Waals surface area contributed by atoms with Crippen molar-refractivity contribution in [2.45, 2.75) is 37.0 Å². The SMILES string of the molecule is NC(=NO)C(NC(=O)C1CCCS1)C1CC1. The first-order valence-electron chi connectivity index (χ1n) is 5.61. The standard InChI is InChI=1S/C10H17N3O2S/c11-9(13-15)8(6-3-4-6)12-10(14)7-2-1-5-16-7/h6-8,15H,1-5H2,(H2,11,13)(H,12,14). The number of thioether (sulfide) groups is 1. The highest BCUT2D eigenvalue weighted by Gasteiger charge is 2.36. The van der Waals surface area contributed by atoms with Crippen LogP contribution in [0.4, 0.5) is 0 Å². The molecule has 2 atom stereocenters. The molecule has 1 saturated carbocycles. The van der Waals surface area contributed by atoms with Crippen molar-refractivity contribution in [2.24, 2.45) is 16.8 Å². The van der Waals surface area contributed by atoms with Crippen LogP contribution in [0.15, 0.2) is 5.16 Å². The molecule has 0 bridgehead atoms. The molecule has 2 fully saturated rings. The highest BCUT2D eigenvalue weighted by Crippen LogP contribution is 2.33. The Bertz CT molecular complexity index is 298. The Morgan fingerprint density at radius 1 is 1.50 bits per heavy atom. The summed E-state index contributed by atoms with van der Waals surface area (Å²) < 4.78 is 0. The van der Waals surface area contributed by atoms with Crippen LogP contribution in [0.1, 0.15) is 25.7 Å². The summed E-state index contributed by atoms with van der Waals surface area (Å²) in [7, 11) is 0. The molecule has 16 heavy (non-hydrogen) atoms. The second kappa shape index (κ2) is 4.95. The Morgan fingerprint density at radius 2 is 2.25 bits per heavy atom. The Labute approximate surface area is 98.8 Å². The molecule has 5 nitrogen and oxygen atoms in total. The molecule has 1 aliphatic heterocycles.